The highest BCUT2D eigenvalue weighted by atomic mass is 15.3. The van der Waals surface area contributed by atoms with Crippen LogP contribution >= 0.6 is 0 Å². The van der Waals surface area contributed by atoms with Gasteiger partial charge in [-0.1, -0.05) is 52.4 Å². The Morgan fingerprint density at radius 3 is 2.05 bits per heavy atom. The van der Waals surface area contributed by atoms with Crippen molar-refractivity contribution >= 4 is 0 Å². The lowest BCUT2D eigenvalue weighted by Gasteiger charge is -2.47. The quantitative estimate of drug-likeness (QED) is 0.705. The minimum absolute atomic E-state index is 0.363. The van der Waals surface area contributed by atoms with Crippen LogP contribution in [0.2, 0.25) is 0 Å². The zero-order valence-corrected chi connectivity index (χ0v) is 15.9. The van der Waals surface area contributed by atoms with E-state index >= 15 is 0 Å². The van der Waals surface area contributed by atoms with Crippen LogP contribution in [0.5, 0.6) is 0 Å². The van der Waals surface area contributed by atoms with Crippen molar-refractivity contribution in [3.63, 3.8) is 0 Å². The largest absolute Gasteiger partial charge is 0.304 e. The average Bonchev–Trinajstić information content (AvgIpc) is 2.53. The summed E-state index contributed by atoms with van der Waals surface area (Å²) in [6.45, 7) is 14.8. The molecule has 1 atom stereocenters. The molecule has 2 fully saturated rings. The lowest BCUT2D eigenvalue weighted by molar-refractivity contribution is 0.0228. The summed E-state index contributed by atoms with van der Waals surface area (Å²) >= 11 is 0. The first-order valence-corrected chi connectivity index (χ1v) is 9.87. The number of likely N-dealkylation sites (N-methyl/N-ethyl adjacent to an activating group) is 1. The van der Waals surface area contributed by atoms with Gasteiger partial charge in [-0.3, -0.25) is 4.90 Å². The van der Waals surface area contributed by atoms with Gasteiger partial charge < -0.3 is 4.90 Å². The van der Waals surface area contributed by atoms with Gasteiger partial charge in [0.25, 0.3) is 0 Å². The van der Waals surface area contributed by atoms with E-state index in [1.54, 1.807) is 0 Å². The van der Waals surface area contributed by atoms with Gasteiger partial charge in [0.1, 0.15) is 0 Å². The fourth-order valence-corrected chi connectivity index (χ4v) is 4.46. The monoisotopic (exact) mass is 308 g/mol. The SMILES string of the molecule is CCC1CCC(CCC(C)C(C)(C)N2CCN(C)CC2)CC1. The maximum absolute atomic E-state index is 2.74. The van der Waals surface area contributed by atoms with E-state index in [0.29, 0.717) is 5.54 Å². The Hall–Kier alpha value is -0.0800. The second kappa shape index (κ2) is 8.15. The fourth-order valence-electron chi connectivity index (χ4n) is 4.46. The molecule has 1 aliphatic heterocycles. The van der Waals surface area contributed by atoms with E-state index in [9.17, 15) is 0 Å². The summed E-state index contributed by atoms with van der Waals surface area (Å²) in [5.74, 6) is 2.86. The maximum atomic E-state index is 2.74. The second-order valence-corrected chi connectivity index (χ2v) is 8.72. The van der Waals surface area contributed by atoms with E-state index < -0.39 is 0 Å². The molecular formula is C20H40N2. The van der Waals surface area contributed by atoms with Gasteiger partial charge in [0.15, 0.2) is 0 Å². The van der Waals surface area contributed by atoms with Gasteiger partial charge in [-0.2, -0.15) is 0 Å². The van der Waals surface area contributed by atoms with Crippen LogP contribution in [0.25, 0.3) is 0 Å². The standard InChI is InChI=1S/C20H40N2/c1-6-18-9-11-19(12-10-18)8-7-17(2)20(3,4)22-15-13-21(5)14-16-22/h17-19H,6-16H2,1-5H3. The highest BCUT2D eigenvalue weighted by Gasteiger charge is 2.34. The van der Waals surface area contributed by atoms with E-state index in [-0.39, 0.29) is 0 Å². The first-order chi connectivity index (χ1) is 10.4. The molecule has 0 radical (unpaired) electrons. The molecule has 0 aromatic carbocycles. The molecule has 1 saturated carbocycles. The molecule has 0 amide bonds. The molecule has 1 aliphatic carbocycles. The Bertz CT molecular complexity index is 310. The zero-order chi connectivity index (χ0) is 16.2. The summed E-state index contributed by atoms with van der Waals surface area (Å²) < 4.78 is 0. The van der Waals surface area contributed by atoms with Crippen molar-refractivity contribution in [3.8, 4) is 0 Å². The first kappa shape index (κ1) is 18.3. The lowest BCUT2D eigenvalue weighted by atomic mass is 9.76. The maximum Gasteiger partial charge on any atom is 0.0179 e. The molecular weight excluding hydrogens is 268 g/mol. The third-order valence-electron chi connectivity index (χ3n) is 7.08. The van der Waals surface area contributed by atoms with Crippen molar-refractivity contribution < 1.29 is 0 Å². The van der Waals surface area contributed by atoms with E-state index in [4.69, 9.17) is 0 Å². The van der Waals surface area contributed by atoms with Gasteiger partial charge in [0.2, 0.25) is 0 Å². The smallest absolute Gasteiger partial charge is 0.0179 e. The molecule has 2 rings (SSSR count). The van der Waals surface area contributed by atoms with Crippen LogP contribution < -0.4 is 0 Å². The van der Waals surface area contributed by atoms with E-state index in [0.717, 1.165) is 17.8 Å². The third-order valence-corrected chi connectivity index (χ3v) is 7.08. The van der Waals surface area contributed by atoms with Crippen LogP contribution in [0.15, 0.2) is 0 Å². The first-order valence-electron chi connectivity index (χ1n) is 9.87. The van der Waals surface area contributed by atoms with Crippen molar-refractivity contribution in [2.24, 2.45) is 17.8 Å². The molecule has 0 aromatic heterocycles. The molecule has 22 heavy (non-hydrogen) atoms. The molecule has 2 heteroatoms. The molecule has 0 N–H and O–H groups in total. The molecule has 0 spiro atoms. The Morgan fingerprint density at radius 1 is 0.955 bits per heavy atom. The molecule has 2 nitrogen and oxygen atoms in total. The van der Waals surface area contributed by atoms with Crippen molar-refractivity contribution in [2.45, 2.75) is 78.2 Å². The minimum Gasteiger partial charge on any atom is -0.304 e. The van der Waals surface area contributed by atoms with Gasteiger partial charge in [0.05, 0.1) is 0 Å². The molecule has 1 saturated heterocycles. The summed E-state index contributed by atoms with van der Waals surface area (Å²) in [5, 5.41) is 0. The Morgan fingerprint density at radius 2 is 1.50 bits per heavy atom. The van der Waals surface area contributed by atoms with E-state index in [1.165, 1.54) is 71.1 Å². The molecule has 2 aliphatic rings. The number of nitrogens with zero attached hydrogens (tertiary/aromatic N) is 2. The molecule has 0 aromatic rings. The molecule has 0 bridgehead atoms. The van der Waals surface area contributed by atoms with Crippen molar-refractivity contribution in [1.29, 1.82) is 0 Å². The normalized spacial score (nSPS) is 30.4. The van der Waals surface area contributed by atoms with Gasteiger partial charge in [-0.15, -0.1) is 0 Å². The predicted molar refractivity (Wildman–Crippen MR) is 97.3 cm³/mol. The number of hydrogen-bond acceptors (Lipinski definition) is 2. The van der Waals surface area contributed by atoms with Crippen LogP contribution in [-0.2, 0) is 0 Å². The molecule has 130 valence electrons. The second-order valence-electron chi connectivity index (χ2n) is 8.72. The molecule has 1 heterocycles. The number of piperazine rings is 1. The lowest BCUT2D eigenvalue weighted by Crippen LogP contribution is -2.56. The fraction of sp³-hybridized carbons (Fsp3) is 1.00. The summed E-state index contributed by atoms with van der Waals surface area (Å²) in [5.41, 5.74) is 0.363. The van der Waals surface area contributed by atoms with Crippen molar-refractivity contribution in [2.75, 3.05) is 33.2 Å². The summed E-state index contributed by atoms with van der Waals surface area (Å²) in [6, 6.07) is 0. The van der Waals surface area contributed by atoms with Crippen LogP contribution in [0.4, 0.5) is 0 Å². The Balaban J connectivity index is 1.75. The highest BCUT2D eigenvalue weighted by Crippen LogP contribution is 2.36. The third kappa shape index (κ3) is 4.71. The zero-order valence-electron chi connectivity index (χ0n) is 15.9. The van der Waals surface area contributed by atoms with Crippen molar-refractivity contribution in [1.82, 2.24) is 9.80 Å². The summed E-state index contributed by atoms with van der Waals surface area (Å²) in [4.78, 5) is 5.20. The van der Waals surface area contributed by atoms with Crippen LogP contribution in [0, 0.1) is 17.8 Å². The highest BCUT2D eigenvalue weighted by molar-refractivity contribution is 4.89. The van der Waals surface area contributed by atoms with Crippen molar-refractivity contribution in [3.05, 3.63) is 0 Å². The van der Waals surface area contributed by atoms with Crippen LogP contribution in [-0.4, -0.2) is 48.6 Å². The Labute approximate surface area is 139 Å². The van der Waals surface area contributed by atoms with Gasteiger partial charge in [0, 0.05) is 31.7 Å². The van der Waals surface area contributed by atoms with E-state index in [2.05, 4.69) is 44.5 Å². The predicted octanol–water partition coefficient (Wildman–Crippen LogP) is 4.65. The summed E-state index contributed by atoms with van der Waals surface area (Å²) in [6.07, 6.45) is 10.3. The average molecular weight is 309 g/mol. The summed E-state index contributed by atoms with van der Waals surface area (Å²) in [7, 11) is 2.25. The topological polar surface area (TPSA) is 6.48 Å². The van der Waals surface area contributed by atoms with Gasteiger partial charge in [-0.05, 0) is 45.1 Å². The van der Waals surface area contributed by atoms with Gasteiger partial charge in [-0.25, -0.2) is 0 Å². The number of rotatable bonds is 6. The molecule has 1 unspecified atom stereocenters. The minimum atomic E-state index is 0.363. The van der Waals surface area contributed by atoms with Crippen LogP contribution in [0.1, 0.15) is 72.6 Å². The van der Waals surface area contributed by atoms with Crippen LogP contribution in [0.3, 0.4) is 0 Å². The number of hydrogen-bond donors (Lipinski definition) is 0. The Kier molecular flexibility index (Phi) is 6.76. The van der Waals surface area contributed by atoms with E-state index in [1.807, 2.05) is 0 Å². The van der Waals surface area contributed by atoms with Gasteiger partial charge >= 0.3 is 0 Å².